The van der Waals surface area contributed by atoms with Gasteiger partial charge in [-0.2, -0.15) is 5.10 Å². The number of hydrogen-bond donors (Lipinski definition) is 2. The van der Waals surface area contributed by atoms with Gasteiger partial charge in [-0.1, -0.05) is 0 Å². The van der Waals surface area contributed by atoms with Gasteiger partial charge in [-0.15, -0.1) is 0 Å². The first-order valence-corrected chi connectivity index (χ1v) is 2.74. The van der Waals surface area contributed by atoms with E-state index in [9.17, 15) is 4.79 Å². The molecule has 10 heavy (non-hydrogen) atoms. The molecule has 54 valence electrons. The number of carbonyl (C=O) groups is 1. The van der Waals surface area contributed by atoms with Gasteiger partial charge >= 0.3 is 0 Å². The van der Waals surface area contributed by atoms with E-state index in [0.29, 0.717) is 5.69 Å². The van der Waals surface area contributed by atoms with Crippen molar-refractivity contribution < 1.29 is 4.79 Å². The van der Waals surface area contributed by atoms with Crippen LogP contribution in [0.1, 0.15) is 10.5 Å². The molecule has 3 N–H and O–H groups in total. The van der Waals surface area contributed by atoms with E-state index in [1.807, 2.05) is 5.43 Å². The molecule has 1 heterocycles. The molecule has 0 saturated heterocycles. The third kappa shape index (κ3) is 1.14. The van der Waals surface area contributed by atoms with Crippen LogP contribution in [0.15, 0.2) is 12.3 Å². The molecule has 0 spiro atoms. The Morgan fingerprint density at radius 3 is 3.00 bits per heavy atom. The first-order valence-electron chi connectivity index (χ1n) is 2.74. The average molecular weight is 140 g/mol. The largest absolute Gasteiger partial charge is 0.289 e. The molecule has 0 bridgehead atoms. The second-order valence-corrected chi connectivity index (χ2v) is 1.85. The summed E-state index contributed by atoms with van der Waals surface area (Å²) in [5, 5.41) is 3.81. The summed E-state index contributed by atoms with van der Waals surface area (Å²) in [5.74, 6) is 4.49. The van der Waals surface area contributed by atoms with Crippen LogP contribution in [0.3, 0.4) is 0 Å². The van der Waals surface area contributed by atoms with Crippen LogP contribution in [0.5, 0.6) is 0 Å². The molecular weight excluding hydrogens is 132 g/mol. The quantitative estimate of drug-likeness (QED) is 0.299. The van der Waals surface area contributed by atoms with E-state index in [2.05, 4.69) is 5.10 Å². The van der Waals surface area contributed by atoms with Crippen LogP contribution in [0.25, 0.3) is 0 Å². The standard InChI is InChI=1S/C5H8N4O/c1-9-3-2-4(8-9)5(10)7-6/h2-3H,6H2,1H3,(H,7,10). The molecule has 0 fully saturated rings. The number of rotatable bonds is 1. The molecule has 5 nitrogen and oxygen atoms in total. The Bertz CT molecular complexity index is 242. The number of nitrogens with zero attached hydrogens (tertiary/aromatic N) is 2. The summed E-state index contributed by atoms with van der Waals surface area (Å²) in [6.07, 6.45) is 1.67. The third-order valence-corrected chi connectivity index (χ3v) is 1.08. The third-order valence-electron chi connectivity index (χ3n) is 1.08. The lowest BCUT2D eigenvalue weighted by Gasteiger charge is -1.90. The number of nitrogens with two attached hydrogens (primary N) is 1. The van der Waals surface area contributed by atoms with Gasteiger partial charge < -0.3 is 0 Å². The maximum atomic E-state index is 10.7. The minimum atomic E-state index is -0.374. The fourth-order valence-electron chi connectivity index (χ4n) is 0.610. The summed E-state index contributed by atoms with van der Waals surface area (Å²) >= 11 is 0. The van der Waals surface area contributed by atoms with Gasteiger partial charge in [0, 0.05) is 13.2 Å². The van der Waals surface area contributed by atoms with Crippen LogP contribution in [0.4, 0.5) is 0 Å². The number of aryl methyl sites for hydroxylation is 1. The first-order chi connectivity index (χ1) is 4.74. The van der Waals surface area contributed by atoms with Crippen LogP contribution in [-0.2, 0) is 7.05 Å². The smallest absolute Gasteiger partial charge is 0.285 e. The Hall–Kier alpha value is -1.36. The van der Waals surface area contributed by atoms with Crippen LogP contribution < -0.4 is 11.3 Å². The van der Waals surface area contributed by atoms with Crippen molar-refractivity contribution >= 4 is 5.91 Å². The van der Waals surface area contributed by atoms with Gasteiger partial charge in [0.2, 0.25) is 0 Å². The molecule has 0 unspecified atom stereocenters. The Kier molecular flexibility index (Phi) is 1.68. The number of hydrogen-bond acceptors (Lipinski definition) is 3. The predicted octanol–water partition coefficient (Wildman–Crippen LogP) is -0.976. The fraction of sp³-hybridized carbons (Fsp3) is 0.200. The second kappa shape index (κ2) is 2.49. The number of carbonyl (C=O) groups excluding carboxylic acids is 1. The molecule has 1 aromatic rings. The van der Waals surface area contributed by atoms with Crippen LogP contribution in [0.2, 0.25) is 0 Å². The summed E-state index contributed by atoms with van der Waals surface area (Å²) in [5.41, 5.74) is 2.30. The zero-order chi connectivity index (χ0) is 7.56. The lowest BCUT2D eigenvalue weighted by molar-refractivity contribution is 0.0948. The maximum Gasteiger partial charge on any atom is 0.285 e. The molecule has 0 atom stereocenters. The molecule has 5 heteroatoms. The summed E-state index contributed by atoms with van der Waals surface area (Å²) in [4.78, 5) is 10.7. The summed E-state index contributed by atoms with van der Waals surface area (Å²) in [7, 11) is 1.73. The van der Waals surface area contributed by atoms with E-state index in [0.717, 1.165) is 0 Å². The minimum absolute atomic E-state index is 0.324. The van der Waals surface area contributed by atoms with Gasteiger partial charge in [0.25, 0.3) is 5.91 Å². The highest BCUT2D eigenvalue weighted by atomic mass is 16.2. The van der Waals surface area contributed by atoms with Gasteiger partial charge in [0.05, 0.1) is 0 Å². The molecule has 0 aromatic carbocycles. The fourth-order valence-corrected chi connectivity index (χ4v) is 0.610. The van der Waals surface area contributed by atoms with Crippen LogP contribution in [0, 0.1) is 0 Å². The number of nitrogen functional groups attached to an aromatic ring is 1. The molecule has 0 aliphatic carbocycles. The average Bonchev–Trinajstić information content (AvgIpc) is 2.34. The lowest BCUT2D eigenvalue weighted by atomic mass is 10.4. The molecule has 1 amide bonds. The SMILES string of the molecule is Cn1ccc(C(=O)NN)n1. The normalized spacial score (nSPS) is 9.40. The zero-order valence-corrected chi connectivity index (χ0v) is 5.53. The van der Waals surface area contributed by atoms with Gasteiger partial charge in [-0.05, 0) is 6.07 Å². The van der Waals surface area contributed by atoms with Gasteiger partial charge in [0.1, 0.15) is 0 Å². The monoisotopic (exact) mass is 140 g/mol. The maximum absolute atomic E-state index is 10.7. The minimum Gasteiger partial charge on any atom is -0.289 e. The molecule has 0 radical (unpaired) electrons. The first kappa shape index (κ1) is 6.76. The zero-order valence-electron chi connectivity index (χ0n) is 5.53. The topological polar surface area (TPSA) is 72.9 Å². The van der Waals surface area contributed by atoms with Crippen LogP contribution in [-0.4, -0.2) is 15.7 Å². The highest BCUT2D eigenvalue weighted by Crippen LogP contribution is 1.91. The van der Waals surface area contributed by atoms with Crippen molar-refractivity contribution in [1.82, 2.24) is 15.2 Å². The number of amides is 1. The number of aromatic nitrogens is 2. The Morgan fingerprint density at radius 2 is 2.60 bits per heavy atom. The molecule has 1 rings (SSSR count). The van der Waals surface area contributed by atoms with Crippen LogP contribution >= 0.6 is 0 Å². The molecule has 1 aromatic heterocycles. The number of hydrazine groups is 1. The molecular formula is C5H8N4O. The number of nitrogens with one attached hydrogen (secondary N) is 1. The predicted molar refractivity (Wildman–Crippen MR) is 34.9 cm³/mol. The lowest BCUT2D eigenvalue weighted by Crippen LogP contribution is -2.30. The highest BCUT2D eigenvalue weighted by molar-refractivity contribution is 5.91. The van der Waals surface area contributed by atoms with E-state index >= 15 is 0 Å². The van der Waals surface area contributed by atoms with Crippen molar-refractivity contribution in [3.8, 4) is 0 Å². The van der Waals surface area contributed by atoms with Crippen molar-refractivity contribution in [2.24, 2.45) is 12.9 Å². The van der Waals surface area contributed by atoms with Crippen molar-refractivity contribution in [1.29, 1.82) is 0 Å². The van der Waals surface area contributed by atoms with Crippen molar-refractivity contribution in [2.45, 2.75) is 0 Å². The van der Waals surface area contributed by atoms with Crippen molar-refractivity contribution in [3.63, 3.8) is 0 Å². The molecule has 0 saturated carbocycles. The Morgan fingerprint density at radius 1 is 1.90 bits per heavy atom. The van der Waals surface area contributed by atoms with Crippen molar-refractivity contribution in [3.05, 3.63) is 18.0 Å². The Balaban J connectivity index is 2.85. The summed E-state index contributed by atoms with van der Waals surface area (Å²) in [6.45, 7) is 0. The Labute approximate surface area is 57.8 Å². The van der Waals surface area contributed by atoms with E-state index in [-0.39, 0.29) is 5.91 Å². The van der Waals surface area contributed by atoms with Gasteiger partial charge in [-0.25, -0.2) is 5.84 Å². The van der Waals surface area contributed by atoms with E-state index in [1.54, 1.807) is 19.3 Å². The van der Waals surface area contributed by atoms with Crippen molar-refractivity contribution in [2.75, 3.05) is 0 Å². The van der Waals surface area contributed by atoms with E-state index in [4.69, 9.17) is 5.84 Å². The molecule has 0 aliphatic rings. The van der Waals surface area contributed by atoms with Gasteiger partial charge in [0.15, 0.2) is 5.69 Å². The second-order valence-electron chi connectivity index (χ2n) is 1.85. The van der Waals surface area contributed by atoms with Gasteiger partial charge in [-0.3, -0.25) is 14.9 Å². The molecule has 0 aliphatic heterocycles. The highest BCUT2D eigenvalue weighted by Gasteiger charge is 2.04. The van der Waals surface area contributed by atoms with E-state index in [1.165, 1.54) is 4.68 Å². The summed E-state index contributed by atoms with van der Waals surface area (Å²) < 4.78 is 1.53. The van der Waals surface area contributed by atoms with E-state index < -0.39 is 0 Å². The summed E-state index contributed by atoms with van der Waals surface area (Å²) in [6, 6.07) is 1.59.